The Labute approximate surface area is 109 Å². The molecule has 0 bridgehead atoms. The summed E-state index contributed by atoms with van der Waals surface area (Å²) < 4.78 is 0. The van der Waals surface area contributed by atoms with Crippen LogP contribution in [0.5, 0.6) is 0 Å². The van der Waals surface area contributed by atoms with Crippen LogP contribution in [-0.4, -0.2) is 27.1 Å². The minimum absolute atomic E-state index is 0.0291. The number of aromatic carboxylic acids is 2. The predicted octanol–water partition coefficient (Wildman–Crippen LogP) is 2.45. The number of aromatic nitrogens is 1. The number of aryl methyl sites for hydroxylation is 1. The summed E-state index contributed by atoms with van der Waals surface area (Å²) in [4.78, 5) is 26.7. The van der Waals surface area contributed by atoms with Crippen LogP contribution in [0.3, 0.4) is 0 Å². The molecule has 0 spiro atoms. The zero-order valence-corrected chi connectivity index (χ0v) is 10.1. The number of rotatable bonds is 3. The number of nitrogens with zero attached hydrogens (tertiary/aromatic N) is 1. The maximum absolute atomic E-state index is 11.4. The predicted molar refractivity (Wildman–Crippen MR) is 68.3 cm³/mol. The first kappa shape index (κ1) is 12.8. The van der Waals surface area contributed by atoms with Gasteiger partial charge in [-0.2, -0.15) is 0 Å². The maximum Gasteiger partial charge on any atom is 0.336 e. The van der Waals surface area contributed by atoms with Crippen molar-refractivity contribution in [3.05, 3.63) is 53.2 Å². The van der Waals surface area contributed by atoms with Gasteiger partial charge in [-0.1, -0.05) is 12.1 Å². The largest absolute Gasteiger partial charge is 0.478 e. The fourth-order valence-electron chi connectivity index (χ4n) is 1.94. The number of carboxylic acid groups (broad SMARTS) is 2. The van der Waals surface area contributed by atoms with E-state index in [0.717, 1.165) is 0 Å². The van der Waals surface area contributed by atoms with Crippen molar-refractivity contribution >= 4 is 11.9 Å². The zero-order valence-electron chi connectivity index (χ0n) is 10.1. The molecule has 0 radical (unpaired) electrons. The highest BCUT2D eigenvalue weighted by Crippen LogP contribution is 2.28. The Morgan fingerprint density at radius 3 is 2.32 bits per heavy atom. The average molecular weight is 257 g/mol. The van der Waals surface area contributed by atoms with E-state index in [9.17, 15) is 19.8 Å². The first-order valence-corrected chi connectivity index (χ1v) is 5.54. The van der Waals surface area contributed by atoms with Crippen LogP contribution in [0.15, 0.2) is 36.5 Å². The van der Waals surface area contributed by atoms with Gasteiger partial charge in [-0.25, -0.2) is 9.59 Å². The molecular weight excluding hydrogens is 246 g/mol. The van der Waals surface area contributed by atoms with Crippen LogP contribution in [-0.2, 0) is 0 Å². The molecule has 0 amide bonds. The molecule has 96 valence electrons. The van der Waals surface area contributed by atoms with Crippen molar-refractivity contribution in [2.45, 2.75) is 6.92 Å². The number of benzene rings is 1. The fourth-order valence-corrected chi connectivity index (χ4v) is 1.94. The minimum Gasteiger partial charge on any atom is -0.478 e. The van der Waals surface area contributed by atoms with E-state index in [0.29, 0.717) is 11.3 Å². The molecule has 0 saturated carbocycles. The molecule has 1 heterocycles. The topological polar surface area (TPSA) is 87.5 Å². The van der Waals surface area contributed by atoms with Crippen LogP contribution >= 0.6 is 0 Å². The van der Waals surface area contributed by atoms with Gasteiger partial charge in [-0.3, -0.25) is 4.98 Å². The molecule has 19 heavy (non-hydrogen) atoms. The highest BCUT2D eigenvalue weighted by Gasteiger charge is 2.22. The molecule has 5 heteroatoms. The standard InChI is InChI=1S/C14H11NO4/c1-8-5-6-9(13(16)17)12(11(8)14(18)19)10-4-2-3-7-15-10/h2-7H,1H3,(H,16,17)(H,18,19). The normalized spacial score (nSPS) is 10.2. The van der Waals surface area contributed by atoms with Crippen LogP contribution in [0.25, 0.3) is 11.3 Å². The lowest BCUT2D eigenvalue weighted by Crippen LogP contribution is -2.09. The maximum atomic E-state index is 11.4. The van der Waals surface area contributed by atoms with Gasteiger partial charge in [0, 0.05) is 11.8 Å². The number of carbonyl (C=O) groups is 2. The van der Waals surface area contributed by atoms with Gasteiger partial charge in [-0.05, 0) is 30.7 Å². The molecule has 0 unspecified atom stereocenters. The Hall–Kier alpha value is -2.69. The first-order valence-electron chi connectivity index (χ1n) is 5.54. The second kappa shape index (κ2) is 4.89. The number of hydrogen-bond donors (Lipinski definition) is 2. The molecule has 2 N–H and O–H groups in total. The lowest BCUT2D eigenvalue weighted by atomic mass is 9.94. The molecule has 0 saturated heterocycles. The highest BCUT2D eigenvalue weighted by molar-refractivity contribution is 6.05. The molecule has 2 rings (SSSR count). The van der Waals surface area contributed by atoms with Crippen LogP contribution in [0.1, 0.15) is 26.3 Å². The molecule has 1 aromatic carbocycles. The van der Waals surface area contributed by atoms with Gasteiger partial charge in [0.05, 0.1) is 16.8 Å². The summed E-state index contributed by atoms with van der Waals surface area (Å²) in [5, 5.41) is 18.5. The summed E-state index contributed by atoms with van der Waals surface area (Å²) in [6.07, 6.45) is 1.49. The minimum atomic E-state index is -1.18. The first-order chi connectivity index (χ1) is 9.02. The lowest BCUT2D eigenvalue weighted by Gasteiger charge is -2.11. The van der Waals surface area contributed by atoms with E-state index in [-0.39, 0.29) is 16.7 Å². The van der Waals surface area contributed by atoms with Crippen molar-refractivity contribution in [1.82, 2.24) is 4.98 Å². The lowest BCUT2D eigenvalue weighted by molar-refractivity contribution is 0.0695. The summed E-state index contributed by atoms with van der Waals surface area (Å²) in [6.45, 7) is 1.63. The smallest absolute Gasteiger partial charge is 0.336 e. The molecule has 1 aromatic heterocycles. The molecule has 2 aromatic rings. The van der Waals surface area contributed by atoms with Gasteiger partial charge in [-0.15, -0.1) is 0 Å². The molecule has 0 fully saturated rings. The van der Waals surface area contributed by atoms with E-state index in [1.807, 2.05) is 0 Å². The summed E-state index contributed by atoms with van der Waals surface area (Å²) in [7, 11) is 0. The van der Waals surface area contributed by atoms with E-state index in [2.05, 4.69) is 4.98 Å². The summed E-state index contributed by atoms with van der Waals surface area (Å²) in [5.41, 5.74) is 0.875. The van der Waals surface area contributed by atoms with Crippen molar-refractivity contribution in [3.8, 4) is 11.3 Å². The van der Waals surface area contributed by atoms with Crippen LogP contribution in [0.2, 0.25) is 0 Å². The van der Waals surface area contributed by atoms with Gasteiger partial charge in [0.2, 0.25) is 0 Å². The third-order valence-electron chi connectivity index (χ3n) is 2.78. The second-order valence-electron chi connectivity index (χ2n) is 4.01. The van der Waals surface area contributed by atoms with Crippen LogP contribution in [0, 0.1) is 6.92 Å². The van der Waals surface area contributed by atoms with Crippen molar-refractivity contribution < 1.29 is 19.8 Å². The van der Waals surface area contributed by atoms with Crippen molar-refractivity contribution in [2.24, 2.45) is 0 Å². The van der Waals surface area contributed by atoms with Gasteiger partial charge in [0.15, 0.2) is 0 Å². The van der Waals surface area contributed by atoms with Crippen molar-refractivity contribution in [3.63, 3.8) is 0 Å². The highest BCUT2D eigenvalue weighted by atomic mass is 16.4. The Kier molecular flexibility index (Phi) is 3.29. The Balaban J connectivity index is 2.85. The van der Waals surface area contributed by atoms with E-state index >= 15 is 0 Å². The van der Waals surface area contributed by atoms with Crippen molar-refractivity contribution in [1.29, 1.82) is 0 Å². The third kappa shape index (κ3) is 2.30. The molecule has 0 atom stereocenters. The fraction of sp³-hybridized carbons (Fsp3) is 0.0714. The number of hydrogen-bond acceptors (Lipinski definition) is 3. The Morgan fingerprint density at radius 2 is 1.79 bits per heavy atom. The summed E-state index contributed by atoms with van der Waals surface area (Å²) >= 11 is 0. The van der Waals surface area contributed by atoms with Crippen LogP contribution in [0.4, 0.5) is 0 Å². The van der Waals surface area contributed by atoms with E-state index in [1.54, 1.807) is 25.1 Å². The number of pyridine rings is 1. The molecule has 0 aliphatic carbocycles. The van der Waals surface area contributed by atoms with Gasteiger partial charge in [0.1, 0.15) is 0 Å². The second-order valence-corrected chi connectivity index (χ2v) is 4.01. The van der Waals surface area contributed by atoms with E-state index in [4.69, 9.17) is 0 Å². The summed E-state index contributed by atoms with van der Waals surface area (Å²) in [5.74, 6) is -2.34. The Morgan fingerprint density at radius 1 is 1.05 bits per heavy atom. The third-order valence-corrected chi connectivity index (χ3v) is 2.78. The van der Waals surface area contributed by atoms with Gasteiger partial charge in [0.25, 0.3) is 0 Å². The number of carboxylic acids is 2. The monoisotopic (exact) mass is 257 g/mol. The summed E-state index contributed by atoms with van der Waals surface area (Å²) in [6, 6.07) is 7.84. The molecule has 0 aliphatic heterocycles. The average Bonchev–Trinajstić information content (AvgIpc) is 2.38. The zero-order chi connectivity index (χ0) is 14.0. The molecular formula is C14H11NO4. The molecule has 5 nitrogen and oxygen atoms in total. The van der Waals surface area contributed by atoms with E-state index in [1.165, 1.54) is 18.3 Å². The van der Waals surface area contributed by atoms with Crippen molar-refractivity contribution in [2.75, 3.05) is 0 Å². The SMILES string of the molecule is Cc1ccc(C(=O)O)c(-c2ccccn2)c1C(=O)O. The van der Waals surface area contributed by atoms with Gasteiger partial charge >= 0.3 is 11.9 Å². The van der Waals surface area contributed by atoms with Crippen LogP contribution < -0.4 is 0 Å². The quantitative estimate of drug-likeness (QED) is 0.881. The molecule has 0 aliphatic rings. The Bertz CT molecular complexity index is 650. The van der Waals surface area contributed by atoms with Gasteiger partial charge < -0.3 is 10.2 Å². The van der Waals surface area contributed by atoms with E-state index < -0.39 is 11.9 Å².